The van der Waals surface area contributed by atoms with Crippen molar-refractivity contribution in [3.8, 4) is 5.75 Å². The van der Waals surface area contributed by atoms with Gasteiger partial charge in [-0.2, -0.15) is 0 Å². The number of amides is 1. The molecule has 4 rings (SSSR count). The van der Waals surface area contributed by atoms with Crippen LogP contribution in [0.1, 0.15) is 80.1 Å². The number of benzene rings is 1. The van der Waals surface area contributed by atoms with Gasteiger partial charge < -0.3 is 10.1 Å². The molecule has 1 aromatic carbocycles. The first kappa shape index (κ1) is 17.9. The molecular weight excluding hydrogens is 342 g/mol. The molecule has 0 radical (unpaired) electrons. The Balaban J connectivity index is 1.31. The second-order valence-electron chi connectivity index (χ2n) is 7.75. The number of rotatable bonds is 7. The number of carbonyl (C=O) groups is 1. The summed E-state index contributed by atoms with van der Waals surface area (Å²) in [5, 5.41) is 14.8. The zero-order valence-electron chi connectivity index (χ0n) is 15.8. The summed E-state index contributed by atoms with van der Waals surface area (Å²) in [5.74, 6) is 2.06. The van der Waals surface area contributed by atoms with E-state index in [0.29, 0.717) is 23.3 Å². The second-order valence-corrected chi connectivity index (χ2v) is 7.75. The van der Waals surface area contributed by atoms with Gasteiger partial charge in [-0.05, 0) is 73.2 Å². The molecule has 0 bridgehead atoms. The fraction of sp³-hybridized carbons (Fsp3) is 0.600. The maximum absolute atomic E-state index is 12.5. The van der Waals surface area contributed by atoms with Gasteiger partial charge >= 0.3 is 0 Å². The lowest BCUT2D eigenvalue weighted by Gasteiger charge is -2.21. The molecule has 1 unspecified atom stereocenters. The molecule has 2 fully saturated rings. The minimum Gasteiger partial charge on any atom is -0.493 e. The van der Waals surface area contributed by atoms with Crippen LogP contribution in [0.2, 0.25) is 0 Å². The smallest absolute Gasteiger partial charge is 0.251 e. The molecule has 1 atom stereocenters. The SMILES string of the molecule is CC(NC(=O)c1ccc(OCC2CCCCC2)cc1)c1nnnn1C1CC1. The van der Waals surface area contributed by atoms with Crippen molar-refractivity contribution < 1.29 is 9.53 Å². The third-order valence-electron chi connectivity index (χ3n) is 5.47. The normalized spacial score (nSPS) is 18.9. The van der Waals surface area contributed by atoms with E-state index in [1.807, 2.05) is 35.9 Å². The van der Waals surface area contributed by atoms with E-state index in [0.717, 1.165) is 25.2 Å². The van der Waals surface area contributed by atoms with E-state index in [1.165, 1.54) is 32.1 Å². The van der Waals surface area contributed by atoms with E-state index >= 15 is 0 Å². The van der Waals surface area contributed by atoms with Gasteiger partial charge in [0.2, 0.25) is 0 Å². The average molecular weight is 369 g/mol. The number of hydrogen-bond donors (Lipinski definition) is 1. The van der Waals surface area contributed by atoms with Gasteiger partial charge in [-0.15, -0.1) is 5.10 Å². The minimum atomic E-state index is -0.240. The first-order chi connectivity index (χ1) is 13.2. The summed E-state index contributed by atoms with van der Waals surface area (Å²) in [5.41, 5.74) is 0.609. The number of nitrogens with one attached hydrogen (secondary N) is 1. The van der Waals surface area contributed by atoms with E-state index < -0.39 is 0 Å². The number of aromatic nitrogens is 4. The van der Waals surface area contributed by atoms with Crippen LogP contribution < -0.4 is 10.1 Å². The molecule has 1 aromatic heterocycles. The van der Waals surface area contributed by atoms with Crippen molar-refractivity contribution in [2.45, 2.75) is 64.0 Å². The van der Waals surface area contributed by atoms with Crippen LogP contribution in [0.5, 0.6) is 5.75 Å². The summed E-state index contributed by atoms with van der Waals surface area (Å²) < 4.78 is 7.73. The van der Waals surface area contributed by atoms with Crippen molar-refractivity contribution in [2.75, 3.05) is 6.61 Å². The van der Waals surface area contributed by atoms with Gasteiger partial charge in [-0.3, -0.25) is 4.79 Å². The summed E-state index contributed by atoms with van der Waals surface area (Å²) in [6.45, 7) is 2.68. The van der Waals surface area contributed by atoms with Crippen LogP contribution in [0.15, 0.2) is 24.3 Å². The molecule has 2 aliphatic rings. The molecule has 1 amide bonds. The molecule has 1 heterocycles. The summed E-state index contributed by atoms with van der Waals surface area (Å²) in [7, 11) is 0. The maximum Gasteiger partial charge on any atom is 0.251 e. The third-order valence-corrected chi connectivity index (χ3v) is 5.47. The molecule has 0 aliphatic heterocycles. The van der Waals surface area contributed by atoms with E-state index in [9.17, 15) is 4.79 Å². The zero-order valence-corrected chi connectivity index (χ0v) is 15.8. The number of ether oxygens (including phenoxy) is 1. The van der Waals surface area contributed by atoms with Gasteiger partial charge in [0.25, 0.3) is 5.91 Å². The molecule has 2 aliphatic carbocycles. The van der Waals surface area contributed by atoms with Crippen molar-refractivity contribution in [3.63, 3.8) is 0 Å². The summed E-state index contributed by atoms with van der Waals surface area (Å²) in [6, 6.07) is 7.50. The molecular formula is C20H27N5O2. The van der Waals surface area contributed by atoms with Gasteiger partial charge in [0.1, 0.15) is 5.75 Å². The molecule has 27 heavy (non-hydrogen) atoms. The topological polar surface area (TPSA) is 81.9 Å². The second kappa shape index (κ2) is 8.06. The number of carbonyl (C=O) groups excluding carboxylic acids is 1. The quantitative estimate of drug-likeness (QED) is 0.808. The Labute approximate surface area is 159 Å². The highest BCUT2D eigenvalue weighted by Gasteiger charge is 2.30. The molecule has 2 saturated carbocycles. The predicted octanol–water partition coefficient (Wildman–Crippen LogP) is 3.46. The van der Waals surface area contributed by atoms with Crippen LogP contribution in [0.3, 0.4) is 0 Å². The van der Waals surface area contributed by atoms with Gasteiger partial charge in [0.05, 0.1) is 18.7 Å². The fourth-order valence-corrected chi connectivity index (χ4v) is 3.68. The van der Waals surface area contributed by atoms with Crippen LogP contribution in [-0.2, 0) is 0 Å². The van der Waals surface area contributed by atoms with Crippen molar-refractivity contribution in [2.24, 2.45) is 5.92 Å². The third kappa shape index (κ3) is 4.46. The van der Waals surface area contributed by atoms with E-state index in [-0.39, 0.29) is 11.9 Å². The van der Waals surface area contributed by atoms with E-state index in [4.69, 9.17) is 4.74 Å². The Morgan fingerprint density at radius 1 is 1.19 bits per heavy atom. The standard InChI is InChI=1S/C20H27N5O2/c1-14(19-22-23-24-25(19)17-9-10-17)21-20(26)16-7-11-18(12-8-16)27-13-15-5-3-2-4-6-15/h7-8,11-12,14-15,17H,2-6,9-10,13H2,1H3,(H,21,26). The van der Waals surface area contributed by atoms with Gasteiger partial charge in [-0.25, -0.2) is 4.68 Å². The van der Waals surface area contributed by atoms with Crippen LogP contribution in [0, 0.1) is 5.92 Å². The lowest BCUT2D eigenvalue weighted by Crippen LogP contribution is -2.28. The first-order valence-electron chi connectivity index (χ1n) is 10.0. The highest BCUT2D eigenvalue weighted by atomic mass is 16.5. The molecule has 7 heteroatoms. The van der Waals surface area contributed by atoms with Crippen molar-refractivity contribution in [1.82, 2.24) is 25.5 Å². The molecule has 0 saturated heterocycles. The Hall–Kier alpha value is -2.44. The van der Waals surface area contributed by atoms with Crippen molar-refractivity contribution in [1.29, 1.82) is 0 Å². The zero-order chi connectivity index (χ0) is 18.6. The van der Waals surface area contributed by atoms with Gasteiger partial charge in [-0.1, -0.05) is 19.3 Å². The Morgan fingerprint density at radius 3 is 2.63 bits per heavy atom. The largest absolute Gasteiger partial charge is 0.493 e. The lowest BCUT2D eigenvalue weighted by molar-refractivity contribution is 0.0937. The Kier molecular flexibility index (Phi) is 5.36. The van der Waals surface area contributed by atoms with Crippen LogP contribution in [0.4, 0.5) is 0 Å². The Bertz CT molecular complexity index is 763. The van der Waals surface area contributed by atoms with E-state index in [2.05, 4.69) is 20.8 Å². The molecule has 144 valence electrons. The molecule has 7 nitrogen and oxygen atoms in total. The highest BCUT2D eigenvalue weighted by Crippen LogP contribution is 2.35. The monoisotopic (exact) mass is 369 g/mol. The van der Waals surface area contributed by atoms with Crippen LogP contribution in [0.25, 0.3) is 0 Å². The van der Waals surface area contributed by atoms with Crippen LogP contribution >= 0.6 is 0 Å². The van der Waals surface area contributed by atoms with Gasteiger partial charge in [0, 0.05) is 5.56 Å². The summed E-state index contributed by atoms with van der Waals surface area (Å²) in [4.78, 5) is 12.5. The van der Waals surface area contributed by atoms with E-state index in [1.54, 1.807) is 0 Å². The molecule has 1 N–H and O–H groups in total. The van der Waals surface area contributed by atoms with Crippen molar-refractivity contribution in [3.05, 3.63) is 35.7 Å². The van der Waals surface area contributed by atoms with Gasteiger partial charge in [0.15, 0.2) is 5.82 Å². The lowest BCUT2D eigenvalue weighted by atomic mass is 9.90. The predicted molar refractivity (Wildman–Crippen MR) is 100 cm³/mol. The number of nitrogens with zero attached hydrogens (tertiary/aromatic N) is 4. The average Bonchev–Trinajstić information content (AvgIpc) is 3.43. The molecule has 0 spiro atoms. The van der Waals surface area contributed by atoms with Crippen molar-refractivity contribution >= 4 is 5.91 Å². The number of hydrogen-bond acceptors (Lipinski definition) is 5. The Morgan fingerprint density at radius 2 is 1.93 bits per heavy atom. The van der Waals surface area contributed by atoms with Crippen LogP contribution in [-0.4, -0.2) is 32.7 Å². The first-order valence-corrected chi connectivity index (χ1v) is 10.0. The maximum atomic E-state index is 12.5. The summed E-state index contributed by atoms with van der Waals surface area (Å²) >= 11 is 0. The summed E-state index contributed by atoms with van der Waals surface area (Å²) in [6.07, 6.45) is 8.70. The minimum absolute atomic E-state index is 0.133. The highest BCUT2D eigenvalue weighted by molar-refractivity contribution is 5.94. The fourth-order valence-electron chi connectivity index (χ4n) is 3.68. The number of tetrazole rings is 1. The molecule has 2 aromatic rings.